The number of rotatable bonds is 7. The van der Waals surface area contributed by atoms with Gasteiger partial charge in [0.25, 0.3) is 0 Å². The van der Waals surface area contributed by atoms with Gasteiger partial charge in [0.15, 0.2) is 0 Å². The lowest BCUT2D eigenvalue weighted by Crippen LogP contribution is -1.99. The smallest absolute Gasteiger partial charge is 0.0209 e. The lowest BCUT2D eigenvalue weighted by Gasteiger charge is -2.14. The summed E-state index contributed by atoms with van der Waals surface area (Å²) in [5.74, 6) is 0.787. The molecule has 0 aliphatic heterocycles. The summed E-state index contributed by atoms with van der Waals surface area (Å²) in [5, 5.41) is 0. The molecule has 0 nitrogen and oxygen atoms in total. The Bertz CT molecular complexity index is 571. The lowest BCUT2D eigenvalue weighted by molar-refractivity contribution is 0.505. The van der Waals surface area contributed by atoms with Crippen LogP contribution < -0.4 is 0 Å². The van der Waals surface area contributed by atoms with Crippen molar-refractivity contribution >= 4 is 0 Å². The third kappa shape index (κ3) is 16.8. The maximum atomic E-state index is 3.99. The molecule has 2 aromatic rings. The zero-order chi connectivity index (χ0) is 22.5. The Morgan fingerprint density at radius 1 is 0.724 bits per heavy atom. The molecule has 0 radical (unpaired) electrons. The molecule has 0 bridgehead atoms. The highest BCUT2D eigenvalue weighted by molar-refractivity contribution is 5.20. The zero-order valence-electron chi connectivity index (χ0n) is 20.7. The van der Waals surface area contributed by atoms with E-state index >= 15 is 0 Å². The summed E-state index contributed by atoms with van der Waals surface area (Å²) in [6.45, 7) is 21.1. The van der Waals surface area contributed by atoms with Crippen molar-refractivity contribution in [2.24, 2.45) is 5.92 Å². The summed E-state index contributed by atoms with van der Waals surface area (Å²) in [4.78, 5) is 0. The van der Waals surface area contributed by atoms with Crippen molar-refractivity contribution in [1.29, 1.82) is 0 Å². The highest BCUT2D eigenvalue weighted by Gasteiger charge is 2.05. The number of hydrogen-bond donors (Lipinski definition) is 0. The fourth-order valence-corrected chi connectivity index (χ4v) is 2.87. The zero-order valence-corrected chi connectivity index (χ0v) is 20.7. The molecular weight excluding hydrogens is 348 g/mol. The van der Waals surface area contributed by atoms with E-state index in [0.717, 1.165) is 18.8 Å². The van der Waals surface area contributed by atoms with Crippen LogP contribution in [-0.4, -0.2) is 0 Å². The Balaban J connectivity index is 0. The molecule has 0 heterocycles. The summed E-state index contributed by atoms with van der Waals surface area (Å²) in [5.41, 5.74) is 5.53. The van der Waals surface area contributed by atoms with Crippen LogP contribution in [0.5, 0.6) is 0 Å². The Morgan fingerprint density at radius 3 is 1.45 bits per heavy atom. The van der Waals surface area contributed by atoms with E-state index in [4.69, 9.17) is 0 Å². The predicted octanol–water partition coefficient (Wildman–Crippen LogP) is 9.61. The van der Waals surface area contributed by atoms with E-state index in [-0.39, 0.29) is 0 Å². The molecule has 0 heteroatoms. The summed E-state index contributed by atoms with van der Waals surface area (Å²) in [7, 11) is 0. The third-order valence-corrected chi connectivity index (χ3v) is 4.75. The number of allylic oxidation sites excluding steroid dienone is 1. The Hall–Kier alpha value is -1.82. The van der Waals surface area contributed by atoms with Crippen LogP contribution in [0.25, 0.3) is 0 Å². The summed E-state index contributed by atoms with van der Waals surface area (Å²) < 4.78 is 0. The predicted molar refractivity (Wildman–Crippen MR) is 136 cm³/mol. The van der Waals surface area contributed by atoms with Crippen LogP contribution in [0.1, 0.15) is 90.8 Å². The number of aryl methyl sites for hydroxylation is 3. The maximum absolute atomic E-state index is 3.99. The second kappa shape index (κ2) is 20.9. The van der Waals surface area contributed by atoms with Gasteiger partial charge in [0.2, 0.25) is 0 Å². The quantitative estimate of drug-likeness (QED) is 0.408. The van der Waals surface area contributed by atoms with Crippen LogP contribution in [0.15, 0.2) is 66.7 Å². The Morgan fingerprint density at radius 2 is 1.14 bits per heavy atom. The molecule has 29 heavy (non-hydrogen) atoms. The molecule has 0 saturated carbocycles. The number of hydrogen-bond acceptors (Lipinski definition) is 0. The molecule has 0 fully saturated rings. The summed E-state index contributed by atoms with van der Waals surface area (Å²) >= 11 is 0. The molecule has 0 aliphatic rings. The highest BCUT2D eigenvalue weighted by Crippen LogP contribution is 2.20. The van der Waals surface area contributed by atoms with Gasteiger partial charge in [-0.25, -0.2) is 0 Å². The molecule has 164 valence electrons. The summed E-state index contributed by atoms with van der Waals surface area (Å²) in [6, 6.07) is 19.1. The van der Waals surface area contributed by atoms with Crippen molar-refractivity contribution in [1.82, 2.24) is 0 Å². The van der Waals surface area contributed by atoms with Crippen LogP contribution >= 0.6 is 0 Å². The maximum Gasteiger partial charge on any atom is -0.0209 e. The van der Waals surface area contributed by atoms with Gasteiger partial charge >= 0.3 is 0 Å². The Labute approximate surface area is 183 Å². The average molecular weight is 397 g/mol. The van der Waals surface area contributed by atoms with Gasteiger partial charge in [-0.2, -0.15) is 0 Å². The van der Waals surface area contributed by atoms with Crippen LogP contribution in [0.4, 0.5) is 0 Å². The second-order valence-electron chi connectivity index (χ2n) is 7.30. The molecule has 2 aromatic carbocycles. The molecule has 0 spiro atoms. The fraction of sp³-hybridized carbons (Fsp3) is 0.517. The lowest BCUT2D eigenvalue weighted by atomic mass is 9.92. The summed E-state index contributed by atoms with van der Waals surface area (Å²) in [6.07, 6.45) is 7.50. The van der Waals surface area contributed by atoms with Crippen molar-refractivity contribution in [2.45, 2.75) is 93.9 Å². The van der Waals surface area contributed by atoms with Gasteiger partial charge in [-0.15, -0.1) is 0 Å². The largest absolute Gasteiger partial charge is 0.0999 e. The van der Waals surface area contributed by atoms with Gasteiger partial charge in [0.1, 0.15) is 0 Å². The van der Waals surface area contributed by atoms with E-state index in [1.807, 2.05) is 19.9 Å². The van der Waals surface area contributed by atoms with Crippen molar-refractivity contribution < 1.29 is 0 Å². The van der Waals surface area contributed by atoms with Crippen molar-refractivity contribution in [3.8, 4) is 0 Å². The van der Waals surface area contributed by atoms with Gasteiger partial charge in [-0.05, 0) is 56.6 Å². The molecule has 0 unspecified atom stereocenters. The SMILES string of the molecule is C=C(C)C(CCC)CCC.CC.CCc1ccc(C)cc1.CCc1ccccc1. The fourth-order valence-electron chi connectivity index (χ4n) is 2.87. The molecule has 0 aliphatic carbocycles. The van der Waals surface area contributed by atoms with Crippen molar-refractivity contribution in [2.75, 3.05) is 0 Å². The standard InChI is InChI=1S/C10H20.C9H12.C8H10.C2H6/c1-5-7-10(8-6-2)9(3)4;1-3-9-6-4-8(2)5-7-9;1-2-8-6-4-3-5-7-8;1-2/h10H,3,5-8H2,1-2,4H3;4-7H,3H2,1-2H3;3-7H,2H2,1H3;1-2H3. The topological polar surface area (TPSA) is 0 Å². The average Bonchev–Trinajstić information content (AvgIpc) is 2.77. The first-order valence-electron chi connectivity index (χ1n) is 11.7. The minimum atomic E-state index is 0.787. The van der Waals surface area contributed by atoms with Gasteiger partial charge in [0, 0.05) is 0 Å². The molecule has 0 atom stereocenters. The van der Waals surface area contributed by atoms with E-state index in [2.05, 4.69) is 96.7 Å². The normalized spacial score (nSPS) is 9.28. The highest BCUT2D eigenvalue weighted by atomic mass is 14.1. The minimum absolute atomic E-state index is 0.787. The molecule has 2 rings (SSSR count). The second-order valence-corrected chi connectivity index (χ2v) is 7.30. The molecular formula is C29H48. The van der Waals surface area contributed by atoms with Gasteiger partial charge in [-0.1, -0.05) is 127 Å². The van der Waals surface area contributed by atoms with Crippen LogP contribution in [0, 0.1) is 12.8 Å². The first-order valence-corrected chi connectivity index (χ1v) is 11.7. The molecule has 0 aromatic heterocycles. The minimum Gasteiger partial charge on any atom is -0.0999 e. The molecule has 0 saturated heterocycles. The van der Waals surface area contributed by atoms with Gasteiger partial charge in [0.05, 0.1) is 0 Å². The monoisotopic (exact) mass is 396 g/mol. The van der Waals surface area contributed by atoms with E-state index in [0.29, 0.717) is 0 Å². The first kappa shape index (κ1) is 29.4. The van der Waals surface area contributed by atoms with Gasteiger partial charge in [-0.3, -0.25) is 0 Å². The molecule has 0 amide bonds. The van der Waals surface area contributed by atoms with E-state index in [1.165, 1.54) is 47.9 Å². The Kier molecular flexibility index (Phi) is 21.2. The van der Waals surface area contributed by atoms with Gasteiger partial charge < -0.3 is 0 Å². The van der Waals surface area contributed by atoms with Crippen LogP contribution in [0.2, 0.25) is 0 Å². The van der Waals surface area contributed by atoms with Crippen LogP contribution in [0.3, 0.4) is 0 Å². The van der Waals surface area contributed by atoms with E-state index in [9.17, 15) is 0 Å². The van der Waals surface area contributed by atoms with Crippen LogP contribution in [-0.2, 0) is 12.8 Å². The van der Waals surface area contributed by atoms with E-state index in [1.54, 1.807) is 0 Å². The van der Waals surface area contributed by atoms with Crippen molar-refractivity contribution in [3.63, 3.8) is 0 Å². The number of benzene rings is 2. The van der Waals surface area contributed by atoms with Crippen molar-refractivity contribution in [3.05, 3.63) is 83.4 Å². The molecule has 0 N–H and O–H groups in total. The third-order valence-electron chi connectivity index (χ3n) is 4.75. The van der Waals surface area contributed by atoms with E-state index < -0.39 is 0 Å². The first-order chi connectivity index (χ1) is 14.0.